The number of anilines is 3. The maximum atomic E-state index is 13.2. The summed E-state index contributed by atoms with van der Waals surface area (Å²) in [6.45, 7) is 2.05. The molecule has 1 saturated heterocycles. The van der Waals surface area contributed by atoms with E-state index in [4.69, 9.17) is 5.73 Å². The lowest BCUT2D eigenvalue weighted by atomic mass is 10.0. The lowest BCUT2D eigenvalue weighted by molar-refractivity contribution is 0.0984. The Morgan fingerprint density at radius 1 is 1.06 bits per heavy atom. The van der Waals surface area contributed by atoms with Gasteiger partial charge in [0.2, 0.25) is 0 Å². The van der Waals surface area contributed by atoms with Gasteiger partial charge in [-0.1, -0.05) is 0 Å². The van der Waals surface area contributed by atoms with Gasteiger partial charge in [0.25, 0.3) is 5.91 Å². The number of nitrogens with one attached hydrogen (secondary N) is 1. The molecular formula is C24H24N8O2. The van der Waals surface area contributed by atoms with Crippen molar-refractivity contribution in [3.05, 3.63) is 70.7 Å². The van der Waals surface area contributed by atoms with Crippen molar-refractivity contribution in [3.8, 4) is 0 Å². The van der Waals surface area contributed by atoms with Crippen molar-refractivity contribution in [2.75, 3.05) is 35.2 Å². The van der Waals surface area contributed by atoms with Crippen molar-refractivity contribution in [2.24, 2.45) is 0 Å². The SMILES string of the molecule is Nc1ccc2c(c1)CCN2C(=O)c1cc(N2CCC(n3c(=O)[nH]c4ncccc43)CC2)ncn1. The number of hydrogen-bond acceptors (Lipinski definition) is 7. The van der Waals surface area contributed by atoms with Gasteiger partial charge >= 0.3 is 5.69 Å². The van der Waals surface area contributed by atoms with E-state index in [-0.39, 0.29) is 17.6 Å². The normalized spacial score (nSPS) is 16.2. The first-order chi connectivity index (χ1) is 16.6. The van der Waals surface area contributed by atoms with Crippen LogP contribution in [0.5, 0.6) is 0 Å². The molecule has 0 radical (unpaired) electrons. The van der Waals surface area contributed by atoms with E-state index in [0.717, 1.165) is 54.9 Å². The highest BCUT2D eigenvalue weighted by Gasteiger charge is 2.28. The van der Waals surface area contributed by atoms with Crippen molar-refractivity contribution in [1.82, 2.24) is 24.5 Å². The van der Waals surface area contributed by atoms with Gasteiger partial charge in [-0.2, -0.15) is 0 Å². The van der Waals surface area contributed by atoms with Crippen LogP contribution in [-0.2, 0) is 6.42 Å². The molecule has 1 amide bonds. The quantitative estimate of drug-likeness (QED) is 0.452. The number of aromatic nitrogens is 5. The Morgan fingerprint density at radius 2 is 1.91 bits per heavy atom. The number of amides is 1. The summed E-state index contributed by atoms with van der Waals surface area (Å²) in [6, 6.07) is 11.2. The van der Waals surface area contributed by atoms with Crippen molar-refractivity contribution in [1.29, 1.82) is 0 Å². The van der Waals surface area contributed by atoms with Crippen molar-refractivity contribution in [2.45, 2.75) is 25.3 Å². The van der Waals surface area contributed by atoms with Crippen LogP contribution in [0.4, 0.5) is 17.2 Å². The molecule has 3 N–H and O–H groups in total. The Labute approximate surface area is 195 Å². The standard InChI is InChI=1S/C24H24N8O2/c25-16-3-4-19-15(12-16)5-11-31(19)23(33)18-13-21(28-14-27-18)30-9-6-17(7-10-30)32-20-2-1-8-26-22(20)29-24(32)34/h1-4,8,12-14,17H,5-7,9-11,25H2,(H,26,29,34). The van der Waals surface area contributed by atoms with E-state index in [1.165, 1.54) is 6.33 Å². The first kappa shape index (κ1) is 20.4. The van der Waals surface area contributed by atoms with Crippen LogP contribution in [0.2, 0.25) is 0 Å². The van der Waals surface area contributed by atoms with Crippen LogP contribution in [-0.4, -0.2) is 50.0 Å². The highest BCUT2D eigenvalue weighted by atomic mass is 16.2. The van der Waals surface area contributed by atoms with Crippen molar-refractivity contribution < 1.29 is 4.79 Å². The number of piperidine rings is 1. The molecule has 2 aliphatic heterocycles. The average Bonchev–Trinajstić information content (AvgIpc) is 3.43. The largest absolute Gasteiger partial charge is 0.399 e. The van der Waals surface area contributed by atoms with Gasteiger partial charge in [0.1, 0.15) is 17.8 Å². The highest BCUT2D eigenvalue weighted by molar-refractivity contribution is 6.06. The topological polar surface area (TPSA) is 126 Å². The summed E-state index contributed by atoms with van der Waals surface area (Å²) in [5, 5.41) is 0. The minimum atomic E-state index is -0.139. The number of pyridine rings is 1. The molecule has 10 heteroatoms. The highest BCUT2D eigenvalue weighted by Crippen LogP contribution is 2.31. The van der Waals surface area contributed by atoms with E-state index in [1.807, 2.05) is 34.9 Å². The van der Waals surface area contributed by atoms with Crippen molar-refractivity contribution >= 4 is 34.3 Å². The van der Waals surface area contributed by atoms with Gasteiger partial charge in [0.15, 0.2) is 5.65 Å². The summed E-state index contributed by atoms with van der Waals surface area (Å²) in [7, 11) is 0. The lowest BCUT2D eigenvalue weighted by Crippen LogP contribution is -2.37. The predicted molar refractivity (Wildman–Crippen MR) is 129 cm³/mol. The Bertz CT molecular complexity index is 1450. The fraction of sp³-hybridized carbons (Fsp3) is 0.292. The van der Waals surface area contributed by atoms with Crippen LogP contribution in [0, 0.1) is 0 Å². The molecule has 3 aromatic heterocycles. The molecule has 0 bridgehead atoms. The Kier molecular flexibility index (Phi) is 4.79. The molecule has 0 spiro atoms. The summed E-state index contributed by atoms with van der Waals surface area (Å²) in [4.78, 5) is 45.4. The van der Waals surface area contributed by atoms with Gasteiger partial charge in [0.05, 0.1) is 5.52 Å². The summed E-state index contributed by atoms with van der Waals surface area (Å²) in [5.74, 6) is 0.585. The number of imidazole rings is 1. The third-order valence-electron chi connectivity index (χ3n) is 6.76. The summed E-state index contributed by atoms with van der Waals surface area (Å²) >= 11 is 0. The number of benzene rings is 1. The van der Waals surface area contributed by atoms with Crippen LogP contribution >= 0.6 is 0 Å². The first-order valence-electron chi connectivity index (χ1n) is 11.4. The molecular weight excluding hydrogens is 432 g/mol. The van der Waals surface area contributed by atoms with Crippen LogP contribution in [0.3, 0.4) is 0 Å². The van der Waals surface area contributed by atoms with Gasteiger partial charge in [-0.3, -0.25) is 14.3 Å². The third-order valence-corrected chi connectivity index (χ3v) is 6.76. The molecule has 1 aromatic carbocycles. The summed E-state index contributed by atoms with van der Waals surface area (Å²) in [5.41, 5.74) is 10.2. The first-order valence-corrected chi connectivity index (χ1v) is 11.4. The van der Waals surface area contributed by atoms with Crippen molar-refractivity contribution in [3.63, 3.8) is 0 Å². The summed E-state index contributed by atoms with van der Waals surface area (Å²) < 4.78 is 1.81. The summed E-state index contributed by atoms with van der Waals surface area (Å²) in [6.07, 6.45) is 5.48. The Hall–Kier alpha value is -4.21. The van der Waals surface area contributed by atoms with Crippen LogP contribution in [0.25, 0.3) is 11.2 Å². The monoisotopic (exact) mass is 456 g/mol. The van der Waals surface area contributed by atoms with Gasteiger partial charge in [-0.15, -0.1) is 0 Å². The second-order valence-electron chi connectivity index (χ2n) is 8.75. The second kappa shape index (κ2) is 7.98. The second-order valence-corrected chi connectivity index (χ2v) is 8.75. The van der Waals surface area contributed by atoms with E-state index in [1.54, 1.807) is 17.2 Å². The zero-order valence-electron chi connectivity index (χ0n) is 18.5. The molecule has 0 atom stereocenters. The maximum absolute atomic E-state index is 13.2. The molecule has 1 fully saturated rings. The molecule has 0 aliphatic carbocycles. The number of nitrogen functional groups attached to an aromatic ring is 1. The third kappa shape index (κ3) is 3.38. The Balaban J connectivity index is 1.19. The Morgan fingerprint density at radius 3 is 2.76 bits per heavy atom. The molecule has 2 aliphatic rings. The van der Waals surface area contributed by atoms with E-state index in [0.29, 0.717) is 23.6 Å². The number of carbonyl (C=O) groups excluding carboxylic acids is 1. The van der Waals surface area contributed by atoms with E-state index in [2.05, 4.69) is 24.8 Å². The van der Waals surface area contributed by atoms with Gasteiger partial charge in [-0.05, 0) is 55.2 Å². The molecule has 0 saturated carbocycles. The van der Waals surface area contributed by atoms with Crippen LogP contribution < -0.4 is 21.2 Å². The van der Waals surface area contributed by atoms with E-state index >= 15 is 0 Å². The van der Waals surface area contributed by atoms with Crippen LogP contribution in [0.1, 0.15) is 34.9 Å². The zero-order valence-corrected chi connectivity index (χ0v) is 18.5. The number of carbonyl (C=O) groups is 1. The molecule has 172 valence electrons. The van der Waals surface area contributed by atoms with Crippen LogP contribution in [0.15, 0.2) is 53.7 Å². The molecule has 6 rings (SSSR count). The van der Waals surface area contributed by atoms with E-state index in [9.17, 15) is 9.59 Å². The minimum absolute atomic E-state index is 0.0816. The van der Waals surface area contributed by atoms with Gasteiger partial charge in [-0.25, -0.2) is 19.7 Å². The number of nitrogens with two attached hydrogens (primary N) is 1. The number of aromatic amines is 1. The predicted octanol–water partition coefficient (Wildman–Crippen LogP) is 2.14. The number of H-pyrrole nitrogens is 1. The molecule has 34 heavy (non-hydrogen) atoms. The molecule has 4 aromatic rings. The lowest BCUT2D eigenvalue weighted by Gasteiger charge is -2.33. The molecule has 10 nitrogen and oxygen atoms in total. The number of fused-ring (bicyclic) bond motifs is 2. The zero-order chi connectivity index (χ0) is 23.2. The average molecular weight is 457 g/mol. The smallest absolute Gasteiger partial charge is 0.327 e. The fourth-order valence-electron chi connectivity index (χ4n) is 5.08. The molecule has 0 unspecified atom stereocenters. The number of nitrogens with zero attached hydrogens (tertiary/aromatic N) is 6. The van der Waals surface area contributed by atoms with Gasteiger partial charge < -0.3 is 15.5 Å². The van der Waals surface area contributed by atoms with Gasteiger partial charge in [0, 0.05) is 49.3 Å². The van der Waals surface area contributed by atoms with E-state index < -0.39 is 0 Å². The fourth-order valence-corrected chi connectivity index (χ4v) is 5.08. The number of hydrogen-bond donors (Lipinski definition) is 2. The molecule has 5 heterocycles. The maximum Gasteiger partial charge on any atom is 0.327 e. The minimum Gasteiger partial charge on any atom is -0.399 e. The number of rotatable bonds is 3.